The highest BCUT2D eigenvalue weighted by Crippen LogP contribution is 2.22. The molecule has 0 radical (unpaired) electrons. The molecule has 40 heavy (non-hydrogen) atoms. The van der Waals surface area contributed by atoms with Crippen molar-refractivity contribution in [3.63, 3.8) is 0 Å². The quantitative estimate of drug-likeness (QED) is 0.213. The highest BCUT2D eigenvalue weighted by atomic mass is 19.1. The third kappa shape index (κ3) is 8.99. The van der Waals surface area contributed by atoms with Crippen LogP contribution in [-0.2, 0) is 22.4 Å². The van der Waals surface area contributed by atoms with E-state index in [1.807, 2.05) is 47.4 Å². The first-order valence-electron chi connectivity index (χ1n) is 14.1. The van der Waals surface area contributed by atoms with Crippen LogP contribution in [0.25, 0.3) is 11.1 Å². The van der Waals surface area contributed by atoms with Crippen LogP contribution in [0.15, 0.2) is 60.8 Å². The number of aromatic nitrogens is 2. The molecular formula is C31H40FN5O3. The van der Waals surface area contributed by atoms with Crippen LogP contribution in [0, 0.1) is 0 Å². The number of nitrogens with one attached hydrogen (secondary N) is 2. The molecule has 1 aliphatic rings. The van der Waals surface area contributed by atoms with Crippen molar-refractivity contribution < 1.29 is 19.0 Å². The molecule has 3 aromatic rings. The summed E-state index contributed by atoms with van der Waals surface area (Å²) in [6, 6.07) is 17.0. The molecule has 9 heteroatoms. The zero-order valence-corrected chi connectivity index (χ0v) is 23.2. The number of hydrogen-bond donors (Lipinski definition) is 3. The maximum atomic E-state index is 14.5. The lowest BCUT2D eigenvalue weighted by molar-refractivity contribution is -0.138. The van der Waals surface area contributed by atoms with Gasteiger partial charge in [-0.2, -0.15) is 0 Å². The summed E-state index contributed by atoms with van der Waals surface area (Å²) in [5.41, 5.74) is 4.31. The van der Waals surface area contributed by atoms with E-state index in [9.17, 15) is 14.3 Å². The number of benzene rings is 1. The number of halogens is 1. The normalized spacial score (nSPS) is 14.3. The van der Waals surface area contributed by atoms with E-state index in [4.69, 9.17) is 9.72 Å². The van der Waals surface area contributed by atoms with Gasteiger partial charge in [-0.1, -0.05) is 36.4 Å². The highest BCUT2D eigenvalue weighted by Gasteiger charge is 2.21. The van der Waals surface area contributed by atoms with Gasteiger partial charge in [-0.05, 0) is 80.0 Å². The van der Waals surface area contributed by atoms with Crippen molar-refractivity contribution in [2.75, 3.05) is 50.5 Å². The highest BCUT2D eigenvalue weighted by molar-refractivity contribution is 5.77. The van der Waals surface area contributed by atoms with Crippen molar-refractivity contribution >= 4 is 17.6 Å². The summed E-state index contributed by atoms with van der Waals surface area (Å²) in [7, 11) is 1.48. The molecule has 4 rings (SSSR count). The number of aliphatic carboxylic acids is 1. The SMILES string of the molecule is COC[C@@H](F)CN(CCCCc1ccc2c(n1)NCCC2)CC[C@H](Nc1cc(-c2ccccc2)ccn1)C(=O)O. The average molecular weight is 550 g/mol. The van der Waals surface area contributed by atoms with Gasteiger partial charge in [0.2, 0.25) is 0 Å². The molecule has 8 nitrogen and oxygen atoms in total. The zero-order chi connectivity index (χ0) is 28.2. The number of anilines is 2. The molecule has 2 atom stereocenters. The number of ether oxygens (including phenoxy) is 1. The second kappa shape index (κ2) is 15.3. The van der Waals surface area contributed by atoms with Crippen molar-refractivity contribution in [2.24, 2.45) is 0 Å². The molecule has 0 bridgehead atoms. The first kappa shape index (κ1) is 29.4. The van der Waals surface area contributed by atoms with Crippen LogP contribution in [-0.4, -0.2) is 78.1 Å². The third-order valence-corrected chi connectivity index (χ3v) is 7.13. The van der Waals surface area contributed by atoms with Gasteiger partial charge >= 0.3 is 5.97 Å². The number of pyridine rings is 2. The Balaban J connectivity index is 1.32. The van der Waals surface area contributed by atoms with Crippen LogP contribution in [0.4, 0.5) is 16.0 Å². The van der Waals surface area contributed by atoms with Gasteiger partial charge < -0.3 is 25.4 Å². The van der Waals surface area contributed by atoms with E-state index in [2.05, 4.69) is 27.8 Å². The van der Waals surface area contributed by atoms with Crippen molar-refractivity contribution in [3.05, 3.63) is 72.1 Å². The van der Waals surface area contributed by atoms with E-state index in [1.165, 1.54) is 12.7 Å². The van der Waals surface area contributed by atoms with Gasteiger partial charge in [-0.3, -0.25) is 0 Å². The first-order chi connectivity index (χ1) is 19.5. The van der Waals surface area contributed by atoms with Crippen LogP contribution in [0.5, 0.6) is 0 Å². The molecule has 2 aromatic heterocycles. The topological polar surface area (TPSA) is 99.6 Å². The number of hydrogen-bond acceptors (Lipinski definition) is 7. The van der Waals surface area contributed by atoms with Gasteiger partial charge in [0.05, 0.1) is 6.61 Å². The minimum atomic E-state index is -1.14. The molecule has 3 N–H and O–H groups in total. The molecule has 3 heterocycles. The number of aryl methyl sites for hydroxylation is 2. The molecule has 0 fully saturated rings. The molecule has 0 unspecified atom stereocenters. The lowest BCUT2D eigenvalue weighted by atomic mass is 10.1. The number of nitrogens with zero attached hydrogens (tertiary/aromatic N) is 3. The Morgan fingerprint density at radius 3 is 2.80 bits per heavy atom. The summed E-state index contributed by atoms with van der Waals surface area (Å²) in [4.78, 5) is 23.2. The number of rotatable bonds is 16. The van der Waals surface area contributed by atoms with Crippen LogP contribution in [0.3, 0.4) is 0 Å². The Labute approximate surface area is 236 Å². The standard InChI is InChI=1S/C31H40FN5O3/c1-40-22-26(32)21-37(18-6-5-11-27-13-12-24-10-7-16-34-30(24)35-27)19-15-28(31(38)39)36-29-20-25(14-17-33-29)23-8-3-2-4-9-23/h2-4,8-9,12-14,17,20,26,28H,5-7,10-11,15-16,18-19,21-22H2,1H3,(H,33,36)(H,34,35)(H,38,39)/t26-,28-/m0/s1. The molecule has 0 spiro atoms. The fourth-order valence-corrected chi connectivity index (χ4v) is 5.02. The summed E-state index contributed by atoms with van der Waals surface area (Å²) in [6.07, 6.45) is 5.67. The Morgan fingerprint density at radius 1 is 1.15 bits per heavy atom. The molecule has 0 aliphatic carbocycles. The molecule has 0 amide bonds. The van der Waals surface area contributed by atoms with Crippen LogP contribution >= 0.6 is 0 Å². The summed E-state index contributed by atoms with van der Waals surface area (Å²) in [5.74, 6) is 0.531. The fourth-order valence-electron chi connectivity index (χ4n) is 5.02. The third-order valence-electron chi connectivity index (χ3n) is 7.13. The van der Waals surface area contributed by atoms with Gasteiger partial charge in [0.25, 0.3) is 0 Å². The number of fused-ring (bicyclic) bond motifs is 1. The lowest BCUT2D eigenvalue weighted by Gasteiger charge is -2.26. The lowest BCUT2D eigenvalue weighted by Crippen LogP contribution is -2.38. The predicted molar refractivity (Wildman–Crippen MR) is 157 cm³/mol. The van der Waals surface area contributed by atoms with E-state index in [0.717, 1.165) is 61.3 Å². The molecule has 214 valence electrons. The van der Waals surface area contributed by atoms with E-state index in [1.54, 1.807) is 6.20 Å². The van der Waals surface area contributed by atoms with E-state index in [0.29, 0.717) is 25.3 Å². The Morgan fingerprint density at radius 2 is 2.00 bits per heavy atom. The minimum Gasteiger partial charge on any atom is -0.480 e. The van der Waals surface area contributed by atoms with Crippen molar-refractivity contribution in [1.82, 2.24) is 14.9 Å². The van der Waals surface area contributed by atoms with Crippen molar-refractivity contribution in [2.45, 2.75) is 50.7 Å². The number of alkyl halides is 1. The number of unbranched alkanes of at least 4 members (excludes halogenated alkanes) is 1. The summed E-state index contributed by atoms with van der Waals surface area (Å²) >= 11 is 0. The Bertz CT molecular complexity index is 1210. The average Bonchev–Trinajstić information content (AvgIpc) is 2.97. The maximum Gasteiger partial charge on any atom is 0.326 e. The summed E-state index contributed by atoms with van der Waals surface area (Å²) in [5, 5.41) is 16.4. The van der Waals surface area contributed by atoms with Crippen molar-refractivity contribution in [3.8, 4) is 11.1 Å². The summed E-state index contributed by atoms with van der Waals surface area (Å²) < 4.78 is 19.5. The molecular weight excluding hydrogens is 509 g/mol. The van der Waals surface area contributed by atoms with Gasteiger partial charge in [-0.25, -0.2) is 19.2 Å². The number of carbonyl (C=O) groups is 1. The smallest absolute Gasteiger partial charge is 0.326 e. The summed E-state index contributed by atoms with van der Waals surface area (Å²) in [6.45, 7) is 2.28. The number of carboxylic acid groups (broad SMARTS) is 1. The fraction of sp³-hybridized carbons (Fsp3) is 0.452. The predicted octanol–water partition coefficient (Wildman–Crippen LogP) is 5.07. The largest absolute Gasteiger partial charge is 0.480 e. The van der Waals surface area contributed by atoms with Crippen LogP contribution in [0.2, 0.25) is 0 Å². The van der Waals surface area contributed by atoms with Gasteiger partial charge in [-0.15, -0.1) is 0 Å². The van der Waals surface area contributed by atoms with Gasteiger partial charge in [0.1, 0.15) is 23.8 Å². The van der Waals surface area contributed by atoms with E-state index >= 15 is 0 Å². The molecule has 0 saturated carbocycles. The molecule has 1 aliphatic heterocycles. The molecule has 1 aromatic carbocycles. The molecule has 0 saturated heterocycles. The van der Waals surface area contributed by atoms with Gasteiger partial charge in [0, 0.05) is 38.6 Å². The van der Waals surface area contributed by atoms with E-state index in [-0.39, 0.29) is 13.2 Å². The monoisotopic (exact) mass is 549 g/mol. The minimum absolute atomic E-state index is 0.0132. The maximum absolute atomic E-state index is 14.5. The van der Waals surface area contributed by atoms with Crippen molar-refractivity contribution in [1.29, 1.82) is 0 Å². The number of methoxy groups -OCH3 is 1. The second-order valence-corrected chi connectivity index (χ2v) is 10.3. The van der Waals surface area contributed by atoms with E-state index < -0.39 is 18.2 Å². The Kier molecular flexibility index (Phi) is 11.2. The van der Waals surface area contributed by atoms with Crippen LogP contribution in [0.1, 0.15) is 36.9 Å². The number of carboxylic acids is 1. The van der Waals surface area contributed by atoms with Gasteiger partial charge in [0.15, 0.2) is 0 Å². The second-order valence-electron chi connectivity index (χ2n) is 10.3. The Hall–Kier alpha value is -3.56. The zero-order valence-electron chi connectivity index (χ0n) is 23.2. The first-order valence-corrected chi connectivity index (χ1v) is 14.1. The van der Waals surface area contributed by atoms with Crippen LogP contribution < -0.4 is 10.6 Å².